The first-order valence-electron chi connectivity index (χ1n) is 7.24. The van der Waals surface area contributed by atoms with Crippen molar-refractivity contribution < 1.29 is 14.6 Å². The van der Waals surface area contributed by atoms with Crippen molar-refractivity contribution in [3.8, 4) is 0 Å². The molecule has 1 heterocycles. The number of rotatable bonds is 4. The monoisotopic (exact) mass is 240 g/mol. The van der Waals surface area contributed by atoms with E-state index in [-0.39, 0.29) is 12.4 Å². The first-order chi connectivity index (χ1) is 8.33. The molecule has 0 aromatic heterocycles. The molecule has 0 radical (unpaired) electrons. The van der Waals surface area contributed by atoms with Crippen molar-refractivity contribution in [3.05, 3.63) is 0 Å². The molecule has 3 atom stereocenters. The molecule has 0 aromatic carbocycles. The van der Waals surface area contributed by atoms with Crippen LogP contribution in [0.1, 0.15) is 44.9 Å². The molecule has 1 unspecified atom stereocenters. The van der Waals surface area contributed by atoms with Crippen LogP contribution in [0.25, 0.3) is 0 Å². The van der Waals surface area contributed by atoms with Crippen LogP contribution in [0.15, 0.2) is 0 Å². The first-order valence-corrected chi connectivity index (χ1v) is 7.24. The highest BCUT2D eigenvalue weighted by Gasteiger charge is 2.44. The number of fused-ring (bicyclic) bond motifs is 2. The zero-order chi connectivity index (χ0) is 11.7. The van der Waals surface area contributed by atoms with Crippen molar-refractivity contribution in [3.63, 3.8) is 0 Å². The molecule has 0 amide bonds. The standard InChI is InChI=1S/C14H24O3/c15-13-9-10-7-11(8-10)12(13)4-6-17-14-3-1-2-5-16-14/h10-15H,1-9H2/t10?,11?,12-,13+,14?/m0/s1. The third-order valence-electron chi connectivity index (χ3n) is 4.84. The van der Waals surface area contributed by atoms with E-state index in [2.05, 4.69) is 0 Å². The van der Waals surface area contributed by atoms with E-state index in [1.54, 1.807) is 0 Å². The molecule has 4 rings (SSSR count). The summed E-state index contributed by atoms with van der Waals surface area (Å²) in [5, 5.41) is 10.0. The maximum absolute atomic E-state index is 10.0. The van der Waals surface area contributed by atoms with Gasteiger partial charge in [0.05, 0.1) is 12.7 Å². The Morgan fingerprint density at radius 1 is 1.18 bits per heavy atom. The molecule has 0 aromatic rings. The number of ether oxygens (including phenoxy) is 2. The number of aliphatic hydroxyl groups excluding tert-OH is 1. The molecular weight excluding hydrogens is 216 g/mol. The lowest BCUT2D eigenvalue weighted by molar-refractivity contribution is -0.170. The van der Waals surface area contributed by atoms with E-state index in [0.29, 0.717) is 5.92 Å². The van der Waals surface area contributed by atoms with Crippen LogP contribution in [0.4, 0.5) is 0 Å². The van der Waals surface area contributed by atoms with E-state index in [4.69, 9.17) is 9.47 Å². The molecule has 1 aliphatic heterocycles. The third-order valence-corrected chi connectivity index (χ3v) is 4.84. The Kier molecular flexibility index (Phi) is 3.69. The molecule has 1 N–H and O–H groups in total. The first kappa shape index (κ1) is 11.9. The van der Waals surface area contributed by atoms with E-state index in [9.17, 15) is 5.11 Å². The molecular formula is C14H24O3. The van der Waals surface area contributed by atoms with Crippen LogP contribution >= 0.6 is 0 Å². The topological polar surface area (TPSA) is 38.7 Å². The fourth-order valence-electron chi connectivity index (χ4n) is 3.77. The molecule has 3 nitrogen and oxygen atoms in total. The van der Waals surface area contributed by atoms with E-state index in [1.807, 2.05) is 0 Å². The van der Waals surface area contributed by atoms with E-state index < -0.39 is 0 Å². The molecule has 3 heteroatoms. The van der Waals surface area contributed by atoms with Crippen molar-refractivity contribution in [2.75, 3.05) is 13.2 Å². The zero-order valence-corrected chi connectivity index (χ0v) is 10.5. The molecule has 98 valence electrons. The van der Waals surface area contributed by atoms with Gasteiger partial charge < -0.3 is 14.6 Å². The van der Waals surface area contributed by atoms with Crippen molar-refractivity contribution in [2.45, 2.75) is 57.3 Å². The summed E-state index contributed by atoms with van der Waals surface area (Å²) in [4.78, 5) is 0. The quantitative estimate of drug-likeness (QED) is 0.819. The van der Waals surface area contributed by atoms with Gasteiger partial charge in [-0.2, -0.15) is 0 Å². The Bertz CT molecular complexity index is 242. The zero-order valence-electron chi connectivity index (χ0n) is 10.5. The lowest BCUT2D eigenvalue weighted by atomic mass is 9.58. The number of aliphatic hydroxyl groups is 1. The van der Waals surface area contributed by atoms with E-state index in [0.717, 1.165) is 44.3 Å². The predicted octanol–water partition coefficient (Wildman–Crippen LogP) is 2.33. The molecule has 2 bridgehead atoms. The molecule has 0 spiro atoms. The van der Waals surface area contributed by atoms with Crippen molar-refractivity contribution in [2.24, 2.45) is 17.8 Å². The molecule has 4 aliphatic rings. The fourth-order valence-corrected chi connectivity index (χ4v) is 3.77. The summed E-state index contributed by atoms with van der Waals surface area (Å²) in [6, 6.07) is 0. The highest BCUT2D eigenvalue weighted by molar-refractivity contribution is 4.94. The van der Waals surface area contributed by atoms with Gasteiger partial charge in [-0.05, 0) is 62.7 Å². The molecule has 3 aliphatic carbocycles. The van der Waals surface area contributed by atoms with Crippen LogP contribution in [-0.4, -0.2) is 30.7 Å². The van der Waals surface area contributed by atoms with Gasteiger partial charge in [-0.1, -0.05) is 0 Å². The Hall–Kier alpha value is -0.120. The summed E-state index contributed by atoms with van der Waals surface area (Å²) in [5.74, 6) is 2.09. The van der Waals surface area contributed by atoms with Gasteiger partial charge in [-0.15, -0.1) is 0 Å². The van der Waals surface area contributed by atoms with Gasteiger partial charge in [0.1, 0.15) is 0 Å². The van der Waals surface area contributed by atoms with Gasteiger partial charge in [0, 0.05) is 6.61 Å². The van der Waals surface area contributed by atoms with Crippen LogP contribution in [0.2, 0.25) is 0 Å². The lowest BCUT2D eigenvalue weighted by Crippen LogP contribution is -2.45. The maximum Gasteiger partial charge on any atom is 0.157 e. The van der Waals surface area contributed by atoms with Crippen LogP contribution in [0, 0.1) is 17.8 Å². The highest BCUT2D eigenvalue weighted by atomic mass is 16.7. The summed E-state index contributed by atoms with van der Waals surface area (Å²) >= 11 is 0. The molecule has 3 saturated carbocycles. The number of hydrogen-bond donors (Lipinski definition) is 1. The molecule has 1 saturated heterocycles. The Morgan fingerprint density at radius 3 is 2.76 bits per heavy atom. The van der Waals surface area contributed by atoms with Crippen molar-refractivity contribution in [1.82, 2.24) is 0 Å². The third kappa shape index (κ3) is 2.67. The number of hydrogen-bond acceptors (Lipinski definition) is 3. The SMILES string of the molecule is O[C@@H]1CC2CC(C2)[C@@H]1CCOC1CCCCO1. The Labute approximate surface area is 103 Å². The molecule has 4 fully saturated rings. The second-order valence-corrected chi connectivity index (χ2v) is 6.02. The van der Waals surface area contributed by atoms with Crippen LogP contribution in [-0.2, 0) is 9.47 Å². The van der Waals surface area contributed by atoms with Gasteiger partial charge in [0.25, 0.3) is 0 Å². The van der Waals surface area contributed by atoms with Crippen LogP contribution in [0.5, 0.6) is 0 Å². The summed E-state index contributed by atoms with van der Waals surface area (Å²) in [6.07, 6.45) is 8.13. The maximum atomic E-state index is 10.0. The largest absolute Gasteiger partial charge is 0.393 e. The predicted molar refractivity (Wildman–Crippen MR) is 64.5 cm³/mol. The lowest BCUT2D eigenvalue weighted by Gasteiger charge is -2.49. The average Bonchev–Trinajstić information content (AvgIpc) is 2.31. The summed E-state index contributed by atoms with van der Waals surface area (Å²) in [5.41, 5.74) is 0. The highest BCUT2D eigenvalue weighted by Crippen LogP contribution is 2.50. The molecule has 17 heavy (non-hydrogen) atoms. The van der Waals surface area contributed by atoms with Gasteiger partial charge in [0.2, 0.25) is 0 Å². The summed E-state index contributed by atoms with van der Waals surface area (Å²) < 4.78 is 11.3. The van der Waals surface area contributed by atoms with Gasteiger partial charge in [-0.25, -0.2) is 0 Å². The van der Waals surface area contributed by atoms with Gasteiger partial charge in [-0.3, -0.25) is 0 Å². The second kappa shape index (κ2) is 5.25. The summed E-state index contributed by atoms with van der Waals surface area (Å²) in [6.45, 7) is 1.61. The van der Waals surface area contributed by atoms with E-state index in [1.165, 1.54) is 25.7 Å². The van der Waals surface area contributed by atoms with Gasteiger partial charge in [0.15, 0.2) is 6.29 Å². The minimum absolute atomic E-state index is 0.0265. The van der Waals surface area contributed by atoms with Crippen LogP contribution in [0.3, 0.4) is 0 Å². The van der Waals surface area contributed by atoms with Crippen molar-refractivity contribution in [1.29, 1.82) is 0 Å². The normalized spacial score (nSPS) is 45.4. The Balaban J connectivity index is 1.38. The van der Waals surface area contributed by atoms with Crippen molar-refractivity contribution >= 4 is 0 Å². The smallest absolute Gasteiger partial charge is 0.157 e. The Morgan fingerprint density at radius 2 is 2.06 bits per heavy atom. The second-order valence-electron chi connectivity index (χ2n) is 6.02. The fraction of sp³-hybridized carbons (Fsp3) is 1.00. The van der Waals surface area contributed by atoms with Crippen LogP contribution < -0.4 is 0 Å². The van der Waals surface area contributed by atoms with Gasteiger partial charge >= 0.3 is 0 Å². The average molecular weight is 240 g/mol. The minimum atomic E-state index is -0.0663. The minimum Gasteiger partial charge on any atom is -0.393 e. The van der Waals surface area contributed by atoms with E-state index >= 15 is 0 Å². The summed E-state index contributed by atoms with van der Waals surface area (Å²) in [7, 11) is 0.